The largest absolute Gasteiger partial charge is 0.0622 e. The first-order chi connectivity index (χ1) is 10.9. The van der Waals surface area contributed by atoms with Crippen molar-refractivity contribution >= 4 is 0 Å². The molecule has 0 aliphatic heterocycles. The molecule has 0 heterocycles. The lowest BCUT2D eigenvalue weighted by atomic mass is 9.54. The third-order valence-electron chi connectivity index (χ3n) is 10.1. The molecule has 23 heavy (non-hydrogen) atoms. The van der Waals surface area contributed by atoms with Gasteiger partial charge in [-0.05, 0) is 110 Å². The van der Waals surface area contributed by atoms with Crippen molar-refractivity contribution < 1.29 is 0 Å². The molecule has 132 valence electrons. The van der Waals surface area contributed by atoms with E-state index in [9.17, 15) is 0 Å². The molecule has 0 saturated heterocycles. The first-order valence-electron chi connectivity index (χ1n) is 10.9. The topological polar surface area (TPSA) is 0 Å². The summed E-state index contributed by atoms with van der Waals surface area (Å²) in [6.45, 7) is 13.0. The summed E-state index contributed by atoms with van der Waals surface area (Å²) in [5.41, 5.74) is 0.691. The fourth-order valence-electron chi connectivity index (χ4n) is 8.09. The van der Waals surface area contributed by atoms with Crippen molar-refractivity contribution in [2.45, 2.75) is 86.0 Å². The van der Waals surface area contributed by atoms with Crippen molar-refractivity contribution in [1.82, 2.24) is 0 Å². The minimum absolute atomic E-state index is 0.691. The first kappa shape index (κ1) is 16.5. The Balaban J connectivity index is 1.59. The molecule has 10 atom stereocenters. The average molecular weight is 317 g/mol. The maximum Gasteiger partial charge on any atom is -0.0269 e. The molecule has 0 aromatic heterocycles. The summed E-state index contributed by atoms with van der Waals surface area (Å²) in [6, 6.07) is 0. The summed E-state index contributed by atoms with van der Waals surface area (Å²) >= 11 is 0. The molecule has 0 aromatic carbocycles. The normalized spacial score (nSPS) is 59.6. The van der Waals surface area contributed by atoms with Crippen molar-refractivity contribution in [1.29, 1.82) is 0 Å². The third-order valence-corrected chi connectivity index (χ3v) is 10.1. The molecule has 0 bridgehead atoms. The van der Waals surface area contributed by atoms with E-state index in [-0.39, 0.29) is 0 Å². The Morgan fingerprint density at radius 2 is 1.43 bits per heavy atom. The van der Waals surface area contributed by atoms with Crippen molar-refractivity contribution in [3.63, 3.8) is 0 Å². The second-order valence-corrected chi connectivity index (χ2v) is 10.7. The van der Waals surface area contributed by atoms with Crippen LogP contribution in [0.1, 0.15) is 86.0 Å². The van der Waals surface area contributed by atoms with Crippen LogP contribution in [0.2, 0.25) is 0 Å². The van der Waals surface area contributed by atoms with E-state index in [4.69, 9.17) is 0 Å². The maximum atomic E-state index is 2.67. The highest BCUT2D eigenvalue weighted by molar-refractivity contribution is 5.04. The second kappa shape index (κ2) is 5.77. The zero-order valence-electron chi connectivity index (χ0n) is 16.4. The van der Waals surface area contributed by atoms with Gasteiger partial charge in [0.1, 0.15) is 0 Å². The Morgan fingerprint density at radius 3 is 2.22 bits per heavy atom. The molecule has 0 heteroatoms. The van der Waals surface area contributed by atoms with Gasteiger partial charge in [0.25, 0.3) is 0 Å². The summed E-state index contributed by atoms with van der Waals surface area (Å²) < 4.78 is 0. The van der Waals surface area contributed by atoms with Crippen LogP contribution in [0.4, 0.5) is 0 Å². The minimum Gasteiger partial charge on any atom is -0.0622 e. The van der Waals surface area contributed by atoms with Gasteiger partial charge in [-0.15, -0.1) is 0 Å². The van der Waals surface area contributed by atoms with Gasteiger partial charge in [-0.3, -0.25) is 0 Å². The van der Waals surface area contributed by atoms with Crippen LogP contribution in [0, 0.1) is 58.7 Å². The van der Waals surface area contributed by atoms with Gasteiger partial charge < -0.3 is 0 Å². The lowest BCUT2D eigenvalue weighted by molar-refractivity contribution is -0.0158. The lowest BCUT2D eigenvalue weighted by Crippen LogP contribution is -2.43. The molecule has 4 aliphatic carbocycles. The highest BCUT2D eigenvalue weighted by Crippen LogP contribution is 2.63. The molecule has 0 amide bonds. The van der Waals surface area contributed by atoms with Crippen molar-refractivity contribution in [3.05, 3.63) is 0 Å². The molecule has 10 unspecified atom stereocenters. The van der Waals surface area contributed by atoms with E-state index in [1.165, 1.54) is 25.7 Å². The molecule has 0 spiro atoms. The molecule has 0 nitrogen and oxygen atoms in total. The molecule has 4 rings (SSSR count). The number of rotatable bonds is 0. The van der Waals surface area contributed by atoms with Crippen LogP contribution < -0.4 is 0 Å². The highest BCUT2D eigenvalue weighted by atomic mass is 14.6. The minimum atomic E-state index is 0.691. The van der Waals surface area contributed by atoms with Crippen molar-refractivity contribution in [2.24, 2.45) is 58.7 Å². The second-order valence-electron chi connectivity index (χ2n) is 10.7. The van der Waals surface area contributed by atoms with E-state index >= 15 is 0 Å². The van der Waals surface area contributed by atoms with E-state index in [1.807, 2.05) is 0 Å². The Morgan fingerprint density at radius 1 is 0.696 bits per heavy atom. The van der Waals surface area contributed by atoms with Gasteiger partial charge >= 0.3 is 0 Å². The predicted molar refractivity (Wildman–Crippen MR) is 99.1 cm³/mol. The Bertz CT molecular complexity index is 439. The van der Waals surface area contributed by atoms with Crippen LogP contribution in [0.5, 0.6) is 0 Å². The Labute approximate surface area is 145 Å². The predicted octanol–water partition coefficient (Wildman–Crippen LogP) is 6.79. The van der Waals surface area contributed by atoms with E-state index in [0.29, 0.717) is 5.41 Å². The zero-order valence-corrected chi connectivity index (χ0v) is 16.4. The Hall–Kier alpha value is 0. The van der Waals surface area contributed by atoms with Gasteiger partial charge in [-0.2, -0.15) is 0 Å². The monoisotopic (exact) mass is 316 g/mol. The van der Waals surface area contributed by atoms with Gasteiger partial charge in [0.15, 0.2) is 0 Å². The smallest absolute Gasteiger partial charge is 0.0269 e. The fraction of sp³-hybridized carbons (Fsp3) is 1.00. The lowest BCUT2D eigenvalue weighted by Gasteiger charge is -2.50. The van der Waals surface area contributed by atoms with E-state index < -0.39 is 0 Å². The summed E-state index contributed by atoms with van der Waals surface area (Å²) in [7, 11) is 0. The molecular weight excluding hydrogens is 276 g/mol. The summed E-state index contributed by atoms with van der Waals surface area (Å²) in [5.74, 6) is 9.24. The molecular formula is C23H40. The van der Waals surface area contributed by atoms with Gasteiger partial charge in [-0.25, -0.2) is 0 Å². The van der Waals surface area contributed by atoms with Gasteiger partial charge in [0, 0.05) is 0 Å². The quantitative estimate of drug-likeness (QED) is 0.461. The zero-order chi connectivity index (χ0) is 16.4. The van der Waals surface area contributed by atoms with Crippen LogP contribution in [-0.2, 0) is 0 Å². The summed E-state index contributed by atoms with van der Waals surface area (Å²) in [5, 5.41) is 0. The Kier molecular flexibility index (Phi) is 4.13. The molecule has 4 fully saturated rings. The molecule has 4 aliphatic rings. The van der Waals surface area contributed by atoms with Crippen LogP contribution in [0.15, 0.2) is 0 Å². The van der Waals surface area contributed by atoms with Crippen molar-refractivity contribution in [2.75, 3.05) is 0 Å². The van der Waals surface area contributed by atoms with Gasteiger partial charge in [0.2, 0.25) is 0 Å². The summed E-state index contributed by atoms with van der Waals surface area (Å²) in [4.78, 5) is 0. The third kappa shape index (κ3) is 2.44. The first-order valence-corrected chi connectivity index (χ1v) is 10.9. The van der Waals surface area contributed by atoms with Crippen LogP contribution in [0.25, 0.3) is 0 Å². The SMILES string of the molecule is CC1CC2CCC3C(CCC4(C)C(C)CCC34)C(C)C2CC1C. The molecule has 4 saturated carbocycles. The van der Waals surface area contributed by atoms with E-state index in [0.717, 1.165) is 53.3 Å². The number of hydrogen-bond donors (Lipinski definition) is 0. The van der Waals surface area contributed by atoms with Gasteiger partial charge in [-0.1, -0.05) is 34.6 Å². The fourth-order valence-corrected chi connectivity index (χ4v) is 8.09. The van der Waals surface area contributed by atoms with E-state index in [2.05, 4.69) is 34.6 Å². The van der Waals surface area contributed by atoms with Crippen LogP contribution in [-0.4, -0.2) is 0 Å². The standard InChI is InChI=1S/C23H40/c1-14-12-18-7-8-20-19(17(4)21(18)13-15(14)2)10-11-23(5)16(3)6-9-22(20)23/h14-22H,6-13H2,1-5H3. The van der Waals surface area contributed by atoms with Crippen LogP contribution >= 0.6 is 0 Å². The van der Waals surface area contributed by atoms with Crippen LogP contribution in [0.3, 0.4) is 0 Å². The number of fused-ring (bicyclic) bond motifs is 4. The van der Waals surface area contributed by atoms with Crippen molar-refractivity contribution in [3.8, 4) is 0 Å². The molecule has 0 aromatic rings. The maximum absolute atomic E-state index is 2.67. The molecule has 0 radical (unpaired) electrons. The highest BCUT2D eigenvalue weighted by Gasteiger charge is 2.55. The average Bonchev–Trinajstić information content (AvgIpc) is 2.75. The van der Waals surface area contributed by atoms with E-state index in [1.54, 1.807) is 25.7 Å². The molecule has 0 N–H and O–H groups in total. The van der Waals surface area contributed by atoms with Gasteiger partial charge in [0.05, 0.1) is 0 Å². The number of hydrogen-bond acceptors (Lipinski definition) is 0. The summed E-state index contributed by atoms with van der Waals surface area (Å²) in [6.07, 6.45) is 12.4.